The van der Waals surface area contributed by atoms with Crippen molar-refractivity contribution in [2.45, 2.75) is 24.6 Å². The van der Waals surface area contributed by atoms with E-state index in [9.17, 15) is 10.1 Å². The summed E-state index contributed by atoms with van der Waals surface area (Å²) in [6.45, 7) is 1.52. The maximum Gasteiger partial charge on any atom is 0.269 e. The average Bonchev–Trinajstić information content (AvgIpc) is 2.84. The Morgan fingerprint density at radius 3 is 3.06 bits per heavy atom. The molecule has 0 bridgehead atoms. The molecule has 1 fully saturated rings. The molecule has 0 radical (unpaired) electrons. The largest absolute Gasteiger partial charge is 0.312 e. The van der Waals surface area contributed by atoms with Crippen LogP contribution in [0.5, 0.6) is 0 Å². The lowest BCUT2D eigenvalue weighted by atomic mass is 10.2. The Morgan fingerprint density at radius 2 is 2.39 bits per heavy atom. The van der Waals surface area contributed by atoms with Gasteiger partial charge in [0, 0.05) is 35.5 Å². The fourth-order valence-electron chi connectivity index (χ4n) is 1.98. The van der Waals surface area contributed by atoms with E-state index in [4.69, 9.17) is 11.6 Å². The number of nitrogens with zero attached hydrogens (tertiary/aromatic N) is 1. The Hall–Kier alpha value is -0.780. The zero-order valence-corrected chi connectivity index (χ0v) is 11.5. The van der Waals surface area contributed by atoms with Crippen LogP contribution in [0.2, 0.25) is 5.02 Å². The van der Waals surface area contributed by atoms with E-state index in [1.54, 1.807) is 6.07 Å². The van der Waals surface area contributed by atoms with Gasteiger partial charge >= 0.3 is 0 Å². The van der Waals surface area contributed by atoms with Crippen LogP contribution in [0.1, 0.15) is 18.4 Å². The van der Waals surface area contributed by atoms with E-state index in [-0.39, 0.29) is 5.69 Å². The zero-order chi connectivity index (χ0) is 13.0. The molecule has 2 rings (SSSR count). The van der Waals surface area contributed by atoms with Gasteiger partial charge in [-0.2, -0.15) is 11.8 Å². The number of hydrogen-bond acceptors (Lipinski definition) is 4. The Balaban J connectivity index is 1.91. The van der Waals surface area contributed by atoms with Gasteiger partial charge in [0.1, 0.15) is 0 Å². The molecule has 1 atom stereocenters. The number of benzene rings is 1. The summed E-state index contributed by atoms with van der Waals surface area (Å²) in [5.41, 5.74) is 0.875. The fraction of sp³-hybridized carbons (Fsp3) is 0.500. The molecule has 0 amide bonds. The highest BCUT2D eigenvalue weighted by Crippen LogP contribution is 2.26. The van der Waals surface area contributed by atoms with Crippen molar-refractivity contribution in [3.05, 3.63) is 38.9 Å². The third-order valence-corrected chi connectivity index (χ3v) is 4.72. The standard InChI is InChI=1S/C12H15ClN2O2S/c13-12-4-3-10(15(16)17)6-9(12)7-14-8-11-2-1-5-18-11/h3-4,6,11,14H,1-2,5,7-8H2. The highest BCUT2D eigenvalue weighted by atomic mass is 35.5. The minimum atomic E-state index is -0.396. The van der Waals surface area contributed by atoms with Crippen molar-refractivity contribution in [1.82, 2.24) is 5.32 Å². The molecular weight excluding hydrogens is 272 g/mol. The molecule has 1 aromatic rings. The van der Waals surface area contributed by atoms with Crippen molar-refractivity contribution in [2.24, 2.45) is 0 Å². The van der Waals surface area contributed by atoms with Gasteiger partial charge in [0.05, 0.1) is 4.92 Å². The second kappa shape index (κ2) is 6.41. The summed E-state index contributed by atoms with van der Waals surface area (Å²) < 4.78 is 0. The first kappa shape index (κ1) is 13.6. The van der Waals surface area contributed by atoms with Crippen molar-refractivity contribution >= 4 is 29.1 Å². The second-order valence-electron chi connectivity index (χ2n) is 4.30. The van der Waals surface area contributed by atoms with Gasteiger partial charge in [0.15, 0.2) is 0 Å². The van der Waals surface area contributed by atoms with Crippen LogP contribution in [0.25, 0.3) is 0 Å². The van der Waals surface area contributed by atoms with Crippen molar-refractivity contribution < 1.29 is 4.92 Å². The maximum atomic E-state index is 10.7. The molecule has 4 nitrogen and oxygen atoms in total. The molecule has 0 saturated carbocycles. The van der Waals surface area contributed by atoms with E-state index in [0.29, 0.717) is 16.8 Å². The highest BCUT2D eigenvalue weighted by Gasteiger charge is 2.15. The number of nitro benzene ring substituents is 1. The highest BCUT2D eigenvalue weighted by molar-refractivity contribution is 8.00. The van der Waals surface area contributed by atoms with Crippen LogP contribution in [0.4, 0.5) is 5.69 Å². The third kappa shape index (κ3) is 3.60. The molecule has 1 aliphatic rings. The lowest BCUT2D eigenvalue weighted by Crippen LogP contribution is -2.22. The minimum Gasteiger partial charge on any atom is -0.312 e. The van der Waals surface area contributed by atoms with Crippen LogP contribution in [-0.4, -0.2) is 22.5 Å². The van der Waals surface area contributed by atoms with E-state index in [2.05, 4.69) is 5.32 Å². The quantitative estimate of drug-likeness (QED) is 0.667. The van der Waals surface area contributed by atoms with Crippen LogP contribution in [0, 0.1) is 10.1 Å². The zero-order valence-electron chi connectivity index (χ0n) is 9.89. The number of rotatable bonds is 5. The SMILES string of the molecule is O=[N+]([O-])c1ccc(Cl)c(CNCC2CCCS2)c1. The van der Waals surface area contributed by atoms with Crippen LogP contribution in [-0.2, 0) is 6.54 Å². The predicted octanol–water partition coefficient (Wildman–Crippen LogP) is 3.23. The summed E-state index contributed by atoms with van der Waals surface area (Å²) in [6, 6.07) is 4.55. The van der Waals surface area contributed by atoms with Gasteiger partial charge in [-0.1, -0.05) is 11.6 Å². The van der Waals surface area contributed by atoms with Crippen LogP contribution in [0.15, 0.2) is 18.2 Å². The molecule has 18 heavy (non-hydrogen) atoms. The van der Waals surface area contributed by atoms with Crippen molar-refractivity contribution in [3.8, 4) is 0 Å². The number of thioether (sulfide) groups is 1. The van der Waals surface area contributed by atoms with E-state index >= 15 is 0 Å². The first-order valence-corrected chi connectivity index (χ1v) is 7.34. The summed E-state index contributed by atoms with van der Waals surface area (Å²) in [7, 11) is 0. The predicted molar refractivity (Wildman–Crippen MR) is 75.3 cm³/mol. The number of nitrogens with one attached hydrogen (secondary N) is 1. The molecule has 1 heterocycles. The number of hydrogen-bond donors (Lipinski definition) is 1. The Labute approximate surface area is 115 Å². The molecule has 1 aliphatic heterocycles. The molecule has 0 spiro atoms. The Kier molecular flexibility index (Phi) is 4.86. The summed E-state index contributed by atoms with van der Waals surface area (Å²) in [5.74, 6) is 1.24. The van der Waals surface area contributed by atoms with Gasteiger partial charge in [0.2, 0.25) is 0 Å². The van der Waals surface area contributed by atoms with Gasteiger partial charge in [0.25, 0.3) is 5.69 Å². The molecule has 0 aliphatic carbocycles. The first-order chi connectivity index (χ1) is 8.66. The summed E-state index contributed by atoms with van der Waals surface area (Å²) in [5, 5.41) is 15.3. The van der Waals surface area contributed by atoms with Crippen LogP contribution in [0.3, 0.4) is 0 Å². The monoisotopic (exact) mass is 286 g/mol. The third-order valence-electron chi connectivity index (χ3n) is 2.95. The first-order valence-electron chi connectivity index (χ1n) is 5.92. The molecule has 98 valence electrons. The topological polar surface area (TPSA) is 55.2 Å². The molecular formula is C12H15ClN2O2S. The number of halogens is 1. The maximum absolute atomic E-state index is 10.7. The summed E-state index contributed by atoms with van der Waals surface area (Å²) >= 11 is 8.01. The van der Waals surface area contributed by atoms with Gasteiger partial charge < -0.3 is 5.32 Å². The summed E-state index contributed by atoms with van der Waals surface area (Å²) in [4.78, 5) is 10.3. The average molecular weight is 287 g/mol. The van der Waals surface area contributed by atoms with Gasteiger partial charge in [-0.05, 0) is 30.2 Å². The van der Waals surface area contributed by atoms with E-state index in [1.807, 2.05) is 11.8 Å². The molecule has 6 heteroatoms. The van der Waals surface area contributed by atoms with Crippen molar-refractivity contribution in [1.29, 1.82) is 0 Å². The van der Waals surface area contributed by atoms with Gasteiger partial charge in [-0.3, -0.25) is 10.1 Å². The van der Waals surface area contributed by atoms with Gasteiger partial charge in [-0.25, -0.2) is 0 Å². The van der Waals surface area contributed by atoms with E-state index in [1.165, 1.54) is 30.7 Å². The van der Waals surface area contributed by atoms with E-state index in [0.717, 1.165) is 12.1 Å². The Morgan fingerprint density at radius 1 is 1.56 bits per heavy atom. The number of nitro groups is 1. The lowest BCUT2D eigenvalue weighted by molar-refractivity contribution is -0.384. The van der Waals surface area contributed by atoms with Crippen LogP contribution < -0.4 is 5.32 Å². The molecule has 1 N–H and O–H groups in total. The minimum absolute atomic E-state index is 0.0893. The van der Waals surface area contributed by atoms with Gasteiger partial charge in [-0.15, -0.1) is 0 Å². The second-order valence-corrected chi connectivity index (χ2v) is 6.11. The van der Waals surface area contributed by atoms with Crippen molar-refractivity contribution in [3.63, 3.8) is 0 Å². The smallest absolute Gasteiger partial charge is 0.269 e. The Bertz CT molecular complexity index is 436. The fourth-order valence-corrected chi connectivity index (χ4v) is 3.40. The number of non-ortho nitro benzene ring substituents is 1. The molecule has 1 saturated heterocycles. The molecule has 1 unspecified atom stereocenters. The van der Waals surface area contributed by atoms with Crippen molar-refractivity contribution in [2.75, 3.05) is 12.3 Å². The molecule has 1 aromatic carbocycles. The van der Waals surface area contributed by atoms with E-state index < -0.39 is 4.92 Å². The normalized spacial score (nSPS) is 19.1. The lowest BCUT2D eigenvalue weighted by Gasteiger charge is -2.10. The molecule has 0 aromatic heterocycles. The summed E-state index contributed by atoms with van der Waals surface area (Å²) in [6.07, 6.45) is 2.54. The van der Waals surface area contributed by atoms with Crippen LogP contribution >= 0.6 is 23.4 Å².